The van der Waals surface area contributed by atoms with E-state index in [1.807, 2.05) is 0 Å². The van der Waals surface area contributed by atoms with Gasteiger partial charge in [0.15, 0.2) is 0 Å². The molecule has 2 aromatic carbocycles. The van der Waals surface area contributed by atoms with Gasteiger partial charge in [0.1, 0.15) is 0 Å². The lowest BCUT2D eigenvalue weighted by Gasteiger charge is -2.12. The molecule has 1 atom stereocenters. The zero-order valence-corrected chi connectivity index (χ0v) is 9.63. The molecule has 0 radical (unpaired) electrons. The smallest absolute Gasteiger partial charge is 0.0298 e. The number of benzene rings is 2. The van der Waals surface area contributed by atoms with Gasteiger partial charge in [-0.2, -0.15) is 0 Å². The summed E-state index contributed by atoms with van der Waals surface area (Å²) in [5.74, 6) is 0. The lowest BCUT2D eigenvalue weighted by molar-refractivity contribution is 0.704. The maximum absolute atomic E-state index is 6.06. The molecule has 0 saturated heterocycles. The number of rotatable bonds is 2. The first-order chi connectivity index (χ1) is 6.83. The highest BCUT2D eigenvalue weighted by molar-refractivity contribution is 5.86. The summed E-state index contributed by atoms with van der Waals surface area (Å²) < 4.78 is 0. The average molecular weight is 222 g/mol. The fourth-order valence-corrected chi connectivity index (χ4v) is 1.79. The van der Waals surface area contributed by atoms with Crippen molar-refractivity contribution in [3.63, 3.8) is 0 Å². The predicted molar refractivity (Wildman–Crippen MR) is 68.4 cm³/mol. The molecule has 1 unspecified atom stereocenters. The first-order valence-corrected chi connectivity index (χ1v) is 5.06. The van der Waals surface area contributed by atoms with Gasteiger partial charge < -0.3 is 5.73 Å². The number of nitrogens with two attached hydrogens (primary N) is 1. The van der Waals surface area contributed by atoms with Crippen LogP contribution < -0.4 is 5.73 Å². The van der Waals surface area contributed by atoms with Crippen molar-refractivity contribution in [2.45, 2.75) is 19.4 Å². The van der Waals surface area contributed by atoms with Crippen molar-refractivity contribution in [1.29, 1.82) is 0 Å². The summed E-state index contributed by atoms with van der Waals surface area (Å²) in [5.41, 5.74) is 7.32. The van der Waals surface area contributed by atoms with Crippen molar-refractivity contribution in [3.05, 3.63) is 48.0 Å². The summed E-state index contributed by atoms with van der Waals surface area (Å²) in [6, 6.07) is 14.9. The standard InChI is InChI=1S/C13H15N.ClH/c1-2-13(14)12-9-5-7-10-6-3-4-8-11(10)12;/h3-9,13H,2,14H2,1H3;1H. The molecule has 0 amide bonds. The van der Waals surface area contributed by atoms with Crippen LogP contribution in [0.3, 0.4) is 0 Å². The number of hydrogen-bond acceptors (Lipinski definition) is 1. The zero-order valence-electron chi connectivity index (χ0n) is 8.81. The maximum Gasteiger partial charge on any atom is 0.0298 e. The molecule has 1 nitrogen and oxygen atoms in total. The van der Waals surface area contributed by atoms with Crippen LogP contribution in [0.25, 0.3) is 10.8 Å². The van der Waals surface area contributed by atoms with E-state index in [1.165, 1.54) is 16.3 Å². The van der Waals surface area contributed by atoms with Crippen molar-refractivity contribution in [2.24, 2.45) is 5.73 Å². The largest absolute Gasteiger partial charge is 0.324 e. The van der Waals surface area contributed by atoms with Crippen molar-refractivity contribution in [2.75, 3.05) is 0 Å². The van der Waals surface area contributed by atoms with E-state index in [9.17, 15) is 0 Å². The first-order valence-electron chi connectivity index (χ1n) is 5.06. The van der Waals surface area contributed by atoms with Crippen molar-refractivity contribution < 1.29 is 0 Å². The van der Waals surface area contributed by atoms with Crippen LogP contribution in [0.4, 0.5) is 0 Å². The lowest BCUT2D eigenvalue weighted by atomic mass is 9.98. The normalized spacial score (nSPS) is 12.1. The van der Waals surface area contributed by atoms with Crippen LogP contribution in [0.5, 0.6) is 0 Å². The Hall–Kier alpha value is -1.05. The molecule has 0 aliphatic carbocycles. The van der Waals surface area contributed by atoms with Crippen LogP contribution in [0.1, 0.15) is 24.9 Å². The summed E-state index contributed by atoms with van der Waals surface area (Å²) in [6.07, 6.45) is 0.980. The van der Waals surface area contributed by atoms with Gasteiger partial charge in [0, 0.05) is 6.04 Å². The Morgan fingerprint density at radius 1 is 1.07 bits per heavy atom. The van der Waals surface area contributed by atoms with Gasteiger partial charge in [-0.05, 0) is 22.8 Å². The summed E-state index contributed by atoms with van der Waals surface area (Å²) in [6.45, 7) is 2.12. The van der Waals surface area contributed by atoms with E-state index in [0.717, 1.165) is 6.42 Å². The SMILES string of the molecule is CCC(N)c1cccc2ccccc12.Cl. The Morgan fingerprint density at radius 2 is 1.73 bits per heavy atom. The second-order valence-electron chi connectivity index (χ2n) is 3.58. The highest BCUT2D eigenvalue weighted by Crippen LogP contribution is 2.24. The monoisotopic (exact) mass is 221 g/mol. The summed E-state index contributed by atoms with van der Waals surface area (Å²) in [4.78, 5) is 0. The molecule has 2 rings (SSSR count). The minimum atomic E-state index is 0. The van der Waals surface area contributed by atoms with Crippen LogP contribution >= 0.6 is 12.4 Å². The molecule has 15 heavy (non-hydrogen) atoms. The van der Waals surface area contributed by atoms with E-state index in [0.29, 0.717) is 0 Å². The summed E-state index contributed by atoms with van der Waals surface area (Å²) in [7, 11) is 0. The van der Waals surface area contributed by atoms with Crippen molar-refractivity contribution in [1.82, 2.24) is 0 Å². The first kappa shape index (κ1) is 12.0. The van der Waals surface area contributed by atoms with Gasteiger partial charge in [-0.1, -0.05) is 49.4 Å². The molecule has 0 fully saturated rings. The zero-order chi connectivity index (χ0) is 9.97. The quantitative estimate of drug-likeness (QED) is 0.823. The van der Waals surface area contributed by atoms with Crippen LogP contribution in [-0.4, -0.2) is 0 Å². The molecule has 0 spiro atoms. The van der Waals surface area contributed by atoms with E-state index in [2.05, 4.69) is 49.4 Å². The lowest BCUT2D eigenvalue weighted by Crippen LogP contribution is -2.08. The highest BCUT2D eigenvalue weighted by Gasteiger charge is 2.06. The average Bonchev–Trinajstić information content (AvgIpc) is 2.27. The Kier molecular flexibility index (Phi) is 4.13. The Balaban J connectivity index is 0.00000112. The maximum atomic E-state index is 6.06. The fraction of sp³-hybridized carbons (Fsp3) is 0.231. The second kappa shape index (κ2) is 5.15. The molecule has 0 aliphatic heterocycles. The van der Waals surface area contributed by atoms with E-state index in [4.69, 9.17) is 5.73 Å². The van der Waals surface area contributed by atoms with Gasteiger partial charge in [-0.3, -0.25) is 0 Å². The van der Waals surface area contributed by atoms with Gasteiger partial charge in [-0.25, -0.2) is 0 Å². The van der Waals surface area contributed by atoms with Crippen LogP contribution in [0.2, 0.25) is 0 Å². The van der Waals surface area contributed by atoms with Crippen molar-refractivity contribution >= 4 is 23.2 Å². The van der Waals surface area contributed by atoms with Crippen LogP contribution in [-0.2, 0) is 0 Å². The molecule has 0 aromatic heterocycles. The van der Waals surface area contributed by atoms with E-state index in [-0.39, 0.29) is 18.4 Å². The number of fused-ring (bicyclic) bond motifs is 1. The fourth-order valence-electron chi connectivity index (χ4n) is 1.79. The molecule has 0 heterocycles. The molecule has 2 N–H and O–H groups in total. The molecule has 0 saturated carbocycles. The molecule has 0 aliphatic rings. The Labute approximate surface area is 96.7 Å². The Bertz CT molecular complexity index is 434. The summed E-state index contributed by atoms with van der Waals surface area (Å²) in [5, 5.41) is 2.55. The Morgan fingerprint density at radius 3 is 2.47 bits per heavy atom. The van der Waals surface area contributed by atoms with Gasteiger partial charge >= 0.3 is 0 Å². The molecular weight excluding hydrogens is 206 g/mol. The van der Waals surface area contributed by atoms with Crippen LogP contribution in [0.15, 0.2) is 42.5 Å². The minimum absolute atomic E-state index is 0. The molecule has 0 bridgehead atoms. The molecule has 2 aromatic rings. The number of halogens is 1. The molecule has 2 heteroatoms. The van der Waals surface area contributed by atoms with Gasteiger partial charge in [0.2, 0.25) is 0 Å². The van der Waals surface area contributed by atoms with Crippen LogP contribution in [0, 0.1) is 0 Å². The van der Waals surface area contributed by atoms with Gasteiger partial charge in [0.25, 0.3) is 0 Å². The second-order valence-corrected chi connectivity index (χ2v) is 3.58. The molecular formula is C13H16ClN. The van der Waals surface area contributed by atoms with E-state index in [1.54, 1.807) is 0 Å². The van der Waals surface area contributed by atoms with Gasteiger partial charge in [-0.15, -0.1) is 12.4 Å². The highest BCUT2D eigenvalue weighted by atomic mass is 35.5. The van der Waals surface area contributed by atoms with Crippen molar-refractivity contribution in [3.8, 4) is 0 Å². The van der Waals surface area contributed by atoms with E-state index < -0.39 is 0 Å². The number of hydrogen-bond donors (Lipinski definition) is 1. The molecule has 80 valence electrons. The minimum Gasteiger partial charge on any atom is -0.324 e. The third kappa shape index (κ3) is 2.31. The third-order valence-corrected chi connectivity index (χ3v) is 2.66. The topological polar surface area (TPSA) is 26.0 Å². The van der Waals surface area contributed by atoms with E-state index >= 15 is 0 Å². The predicted octanol–water partition coefficient (Wildman–Crippen LogP) is 3.67. The van der Waals surface area contributed by atoms with Gasteiger partial charge in [0.05, 0.1) is 0 Å². The third-order valence-electron chi connectivity index (χ3n) is 2.66. The summed E-state index contributed by atoms with van der Waals surface area (Å²) >= 11 is 0.